The van der Waals surface area contributed by atoms with Crippen LogP contribution in [0.25, 0.3) is 55.3 Å². The zero-order valence-electron chi connectivity index (χ0n) is 28.5. The molecule has 1 unspecified atom stereocenters. The predicted molar refractivity (Wildman–Crippen MR) is 218 cm³/mol. The molecule has 3 heteroatoms. The van der Waals surface area contributed by atoms with Crippen molar-refractivity contribution >= 4 is 22.4 Å². The van der Waals surface area contributed by atoms with Crippen molar-refractivity contribution in [3.05, 3.63) is 217 Å². The summed E-state index contributed by atoms with van der Waals surface area (Å²) < 4.78 is 0. The van der Waals surface area contributed by atoms with Gasteiger partial charge in [0.2, 0.25) is 0 Å². The summed E-state index contributed by atoms with van der Waals surface area (Å²) in [6, 6.07) is 70.9. The van der Waals surface area contributed by atoms with Gasteiger partial charge in [-0.1, -0.05) is 170 Å². The van der Waals surface area contributed by atoms with E-state index in [1.54, 1.807) is 0 Å². The van der Waals surface area contributed by atoms with Crippen LogP contribution in [0.2, 0.25) is 0 Å². The van der Waals surface area contributed by atoms with E-state index in [-0.39, 0.29) is 6.17 Å². The van der Waals surface area contributed by atoms with Crippen molar-refractivity contribution in [2.45, 2.75) is 6.17 Å². The molecule has 1 N–H and O–H groups in total. The van der Waals surface area contributed by atoms with Gasteiger partial charge in [0.1, 0.15) is 12.0 Å². The van der Waals surface area contributed by atoms with Gasteiger partial charge in [-0.05, 0) is 91.2 Å². The molecule has 3 nitrogen and oxygen atoms in total. The first-order valence-electron chi connectivity index (χ1n) is 17.7. The number of nitrogens with zero attached hydrogens (tertiary/aromatic N) is 2. The highest BCUT2D eigenvalue weighted by Gasteiger charge is 2.21. The Kier molecular flexibility index (Phi) is 8.28. The fraction of sp³-hybridized carbons (Fsp3) is 0.0204. The average molecular weight is 666 g/mol. The third-order valence-electron chi connectivity index (χ3n) is 9.70. The maximum absolute atomic E-state index is 5.05. The fourth-order valence-corrected chi connectivity index (χ4v) is 7.07. The van der Waals surface area contributed by atoms with Crippen LogP contribution < -0.4 is 5.32 Å². The number of amidine groups is 2. The fourth-order valence-electron chi connectivity index (χ4n) is 7.07. The molecule has 8 aromatic rings. The minimum Gasteiger partial charge on any atom is -0.344 e. The molecule has 0 saturated heterocycles. The Bertz CT molecular complexity index is 2580. The lowest BCUT2D eigenvalue weighted by Gasteiger charge is -2.24. The van der Waals surface area contributed by atoms with Crippen molar-refractivity contribution < 1.29 is 0 Å². The van der Waals surface area contributed by atoms with E-state index in [0.29, 0.717) is 0 Å². The first-order valence-corrected chi connectivity index (χ1v) is 17.7. The zero-order valence-corrected chi connectivity index (χ0v) is 28.5. The van der Waals surface area contributed by atoms with Crippen molar-refractivity contribution in [1.29, 1.82) is 0 Å². The highest BCUT2D eigenvalue weighted by atomic mass is 15.2. The summed E-state index contributed by atoms with van der Waals surface area (Å²) in [5, 5.41) is 6.11. The summed E-state index contributed by atoms with van der Waals surface area (Å²) in [6.45, 7) is 0. The summed E-state index contributed by atoms with van der Waals surface area (Å²) >= 11 is 0. The minimum absolute atomic E-state index is 0.247. The topological polar surface area (TPSA) is 36.8 Å². The Morgan fingerprint density at radius 2 is 0.846 bits per heavy atom. The molecule has 8 aromatic carbocycles. The zero-order chi connectivity index (χ0) is 34.7. The number of rotatable bonds is 7. The van der Waals surface area contributed by atoms with Crippen LogP contribution in [0.3, 0.4) is 0 Å². The lowest BCUT2D eigenvalue weighted by atomic mass is 9.90. The van der Waals surface area contributed by atoms with Gasteiger partial charge in [-0.2, -0.15) is 0 Å². The first kappa shape index (κ1) is 31.2. The molecule has 0 radical (unpaired) electrons. The number of hydrogen-bond donors (Lipinski definition) is 1. The van der Waals surface area contributed by atoms with Crippen LogP contribution >= 0.6 is 0 Å². The molecule has 1 heterocycles. The highest BCUT2D eigenvalue weighted by Crippen LogP contribution is 2.37. The van der Waals surface area contributed by atoms with Gasteiger partial charge in [0.05, 0.1) is 0 Å². The number of benzene rings is 8. The Morgan fingerprint density at radius 1 is 0.365 bits per heavy atom. The SMILES string of the molecule is c1ccc(C2=NC(c3ccccc3)NC(c3cccc(-c4cccc(-c5cc(-c6ccccc6)cc(-c6cccc7ccccc67)c5)c4)c3)=N2)cc1. The van der Waals surface area contributed by atoms with Crippen LogP contribution in [-0.2, 0) is 0 Å². The highest BCUT2D eigenvalue weighted by molar-refractivity contribution is 6.13. The van der Waals surface area contributed by atoms with E-state index < -0.39 is 0 Å². The molecule has 0 fully saturated rings. The van der Waals surface area contributed by atoms with Crippen LogP contribution in [0.1, 0.15) is 22.9 Å². The van der Waals surface area contributed by atoms with Crippen molar-refractivity contribution in [1.82, 2.24) is 5.32 Å². The van der Waals surface area contributed by atoms with Crippen molar-refractivity contribution in [2.24, 2.45) is 9.98 Å². The number of hydrogen-bond acceptors (Lipinski definition) is 3. The van der Waals surface area contributed by atoms with E-state index in [2.05, 4.69) is 169 Å². The molecule has 1 aliphatic heterocycles. The maximum atomic E-state index is 5.05. The van der Waals surface area contributed by atoms with Crippen molar-refractivity contribution in [2.75, 3.05) is 0 Å². The Labute approximate surface area is 304 Å². The summed E-state index contributed by atoms with van der Waals surface area (Å²) in [6.07, 6.45) is -0.247. The maximum Gasteiger partial charge on any atom is 0.159 e. The Morgan fingerprint density at radius 3 is 1.58 bits per heavy atom. The predicted octanol–water partition coefficient (Wildman–Crippen LogP) is 12.0. The third-order valence-corrected chi connectivity index (χ3v) is 9.70. The smallest absolute Gasteiger partial charge is 0.159 e. The Balaban J connectivity index is 1.11. The molecular weight excluding hydrogens is 631 g/mol. The lowest BCUT2D eigenvalue weighted by molar-refractivity contribution is 0.674. The van der Waals surface area contributed by atoms with E-state index in [9.17, 15) is 0 Å². The summed E-state index contributed by atoms with van der Waals surface area (Å²) in [7, 11) is 0. The van der Waals surface area contributed by atoms with Gasteiger partial charge in [-0.3, -0.25) is 0 Å². The van der Waals surface area contributed by atoms with Gasteiger partial charge in [0, 0.05) is 11.1 Å². The largest absolute Gasteiger partial charge is 0.344 e. The van der Waals surface area contributed by atoms with Crippen LogP contribution in [0.5, 0.6) is 0 Å². The molecule has 0 saturated carbocycles. The van der Waals surface area contributed by atoms with Gasteiger partial charge in [0.25, 0.3) is 0 Å². The number of fused-ring (bicyclic) bond motifs is 1. The van der Waals surface area contributed by atoms with Crippen LogP contribution in [-0.4, -0.2) is 11.7 Å². The molecule has 52 heavy (non-hydrogen) atoms. The third kappa shape index (κ3) is 6.32. The molecule has 0 aliphatic carbocycles. The standard InChI is InChI=1S/C49H35N3/c1-4-15-34(16-5-1)42-31-43(33-44(32-42)46-28-14-22-35-17-10-11-27-45(35)46)40-25-12-23-38(29-40)39-24-13-26-41(30-39)49-51-47(36-18-6-2-7-19-36)50-48(52-49)37-20-8-3-9-21-37/h1-33,47H,(H,50,51,52). The second-order valence-corrected chi connectivity index (χ2v) is 13.1. The van der Waals surface area contributed by atoms with Gasteiger partial charge >= 0.3 is 0 Å². The number of aliphatic imine (C=N–C) groups is 2. The molecule has 246 valence electrons. The monoisotopic (exact) mass is 665 g/mol. The van der Waals surface area contributed by atoms with Crippen LogP contribution in [0.15, 0.2) is 210 Å². The molecule has 0 aromatic heterocycles. The molecule has 9 rings (SSSR count). The van der Waals surface area contributed by atoms with Crippen LogP contribution in [0, 0.1) is 0 Å². The van der Waals surface area contributed by atoms with Crippen LogP contribution in [0.4, 0.5) is 0 Å². The normalized spacial score (nSPS) is 14.0. The minimum atomic E-state index is -0.247. The van der Waals surface area contributed by atoms with Gasteiger partial charge in [-0.25, -0.2) is 9.98 Å². The first-order chi connectivity index (χ1) is 25.7. The molecule has 1 atom stereocenters. The Hall–Kier alpha value is -6.84. The molecule has 0 spiro atoms. The van der Waals surface area contributed by atoms with Crippen molar-refractivity contribution in [3.8, 4) is 44.5 Å². The second-order valence-electron chi connectivity index (χ2n) is 13.1. The summed E-state index contributed by atoms with van der Waals surface area (Å²) in [5.74, 6) is 1.52. The lowest BCUT2D eigenvalue weighted by Crippen LogP contribution is -2.33. The van der Waals surface area contributed by atoms with Gasteiger partial charge in [-0.15, -0.1) is 0 Å². The average Bonchev–Trinajstić information content (AvgIpc) is 3.24. The molecular formula is C49H35N3. The quantitative estimate of drug-likeness (QED) is 0.181. The molecule has 0 amide bonds. The summed E-state index contributed by atoms with van der Waals surface area (Å²) in [4.78, 5) is 10.1. The van der Waals surface area contributed by atoms with Gasteiger partial charge in [0.15, 0.2) is 5.84 Å². The van der Waals surface area contributed by atoms with E-state index in [1.807, 2.05) is 36.4 Å². The van der Waals surface area contributed by atoms with Gasteiger partial charge < -0.3 is 5.32 Å². The van der Waals surface area contributed by atoms with E-state index in [4.69, 9.17) is 9.98 Å². The summed E-state index contributed by atoms with van der Waals surface area (Å²) in [5.41, 5.74) is 12.5. The van der Waals surface area contributed by atoms with E-state index in [1.165, 1.54) is 38.6 Å². The molecule has 1 aliphatic rings. The second kappa shape index (κ2) is 13.8. The number of nitrogens with one attached hydrogen (secondary N) is 1. The van der Waals surface area contributed by atoms with E-state index >= 15 is 0 Å². The molecule has 0 bridgehead atoms. The van der Waals surface area contributed by atoms with E-state index in [0.717, 1.165) is 45.1 Å². The van der Waals surface area contributed by atoms with Crippen molar-refractivity contribution in [3.63, 3.8) is 0 Å².